The molecule has 1 N–H and O–H groups in total. The second-order valence-corrected chi connectivity index (χ2v) is 4.20. The molecule has 2 heteroatoms. The van der Waals surface area contributed by atoms with Gasteiger partial charge in [-0.15, -0.1) is 0 Å². The van der Waals surface area contributed by atoms with Crippen LogP contribution >= 0.6 is 0 Å². The molecular formula is C10H18O2. The van der Waals surface area contributed by atoms with Gasteiger partial charge >= 0.3 is 0 Å². The van der Waals surface area contributed by atoms with Crippen molar-refractivity contribution < 1.29 is 9.84 Å². The van der Waals surface area contributed by atoms with E-state index >= 15 is 0 Å². The zero-order chi connectivity index (χ0) is 8.39. The number of hydrogen-bond acceptors (Lipinski definition) is 2. The topological polar surface area (TPSA) is 29.5 Å². The van der Waals surface area contributed by atoms with E-state index in [1.165, 1.54) is 19.3 Å². The minimum atomic E-state index is -0.0238. The molecule has 2 rings (SSSR count). The summed E-state index contributed by atoms with van der Waals surface area (Å²) < 4.78 is 5.36. The average Bonchev–Trinajstić information content (AvgIpc) is 2.56. The molecule has 0 aromatic carbocycles. The van der Waals surface area contributed by atoms with E-state index < -0.39 is 0 Å². The van der Waals surface area contributed by atoms with Gasteiger partial charge in [0, 0.05) is 13.2 Å². The minimum absolute atomic E-state index is 0.0238. The molecule has 3 atom stereocenters. The highest BCUT2D eigenvalue weighted by Crippen LogP contribution is 2.34. The van der Waals surface area contributed by atoms with Gasteiger partial charge < -0.3 is 9.84 Å². The summed E-state index contributed by atoms with van der Waals surface area (Å²) in [4.78, 5) is 0. The summed E-state index contributed by atoms with van der Waals surface area (Å²) in [6.07, 6.45) is 5.76. The van der Waals surface area contributed by atoms with Crippen LogP contribution < -0.4 is 0 Å². The number of rotatable bonds is 1. The van der Waals surface area contributed by atoms with Crippen molar-refractivity contribution in [2.75, 3.05) is 13.2 Å². The highest BCUT2D eigenvalue weighted by molar-refractivity contribution is 4.79. The molecule has 0 aromatic rings. The van der Waals surface area contributed by atoms with E-state index in [0.29, 0.717) is 0 Å². The van der Waals surface area contributed by atoms with Gasteiger partial charge in [-0.25, -0.2) is 0 Å². The van der Waals surface area contributed by atoms with Gasteiger partial charge in [-0.2, -0.15) is 0 Å². The molecule has 1 aliphatic carbocycles. The van der Waals surface area contributed by atoms with Crippen LogP contribution in [0.5, 0.6) is 0 Å². The van der Waals surface area contributed by atoms with Gasteiger partial charge in [0.05, 0.1) is 6.10 Å². The smallest absolute Gasteiger partial charge is 0.0543 e. The highest BCUT2D eigenvalue weighted by Gasteiger charge is 2.29. The number of aliphatic hydroxyl groups is 1. The molecule has 12 heavy (non-hydrogen) atoms. The van der Waals surface area contributed by atoms with Gasteiger partial charge in [-0.05, 0) is 37.5 Å². The van der Waals surface area contributed by atoms with Crippen molar-refractivity contribution in [1.29, 1.82) is 0 Å². The monoisotopic (exact) mass is 170 g/mol. The summed E-state index contributed by atoms with van der Waals surface area (Å²) in [7, 11) is 0. The molecule has 1 saturated heterocycles. The molecule has 0 spiro atoms. The first-order chi connectivity index (χ1) is 5.86. The van der Waals surface area contributed by atoms with Crippen molar-refractivity contribution in [3.8, 4) is 0 Å². The maximum Gasteiger partial charge on any atom is 0.0543 e. The van der Waals surface area contributed by atoms with Gasteiger partial charge in [-0.3, -0.25) is 0 Å². The zero-order valence-electron chi connectivity index (χ0n) is 7.54. The van der Waals surface area contributed by atoms with E-state index in [1.54, 1.807) is 0 Å². The summed E-state index contributed by atoms with van der Waals surface area (Å²) in [6, 6.07) is 0. The molecule has 2 fully saturated rings. The molecular weight excluding hydrogens is 152 g/mol. The third-order valence-corrected chi connectivity index (χ3v) is 3.32. The van der Waals surface area contributed by atoms with Crippen molar-refractivity contribution in [3.63, 3.8) is 0 Å². The number of ether oxygens (including phenoxy) is 1. The second kappa shape index (κ2) is 3.75. The Morgan fingerprint density at radius 1 is 1.08 bits per heavy atom. The van der Waals surface area contributed by atoms with Crippen LogP contribution in [0, 0.1) is 11.8 Å². The summed E-state index contributed by atoms with van der Waals surface area (Å²) in [5.41, 5.74) is 0. The van der Waals surface area contributed by atoms with Crippen molar-refractivity contribution in [2.45, 2.75) is 38.2 Å². The lowest BCUT2D eigenvalue weighted by Gasteiger charge is -2.29. The Morgan fingerprint density at radius 2 is 2.00 bits per heavy atom. The summed E-state index contributed by atoms with van der Waals surface area (Å²) in [6.45, 7) is 1.88. The Kier molecular flexibility index (Phi) is 2.66. The van der Waals surface area contributed by atoms with Crippen LogP contribution in [-0.2, 0) is 4.74 Å². The van der Waals surface area contributed by atoms with Crippen LogP contribution in [0.1, 0.15) is 32.1 Å². The standard InChI is InChI=1S/C10H18O2/c11-10-3-1-2-8(6-10)9-4-5-12-7-9/h8-11H,1-7H2. The lowest BCUT2D eigenvalue weighted by molar-refractivity contribution is 0.0741. The maximum atomic E-state index is 9.50. The molecule has 1 aliphatic heterocycles. The normalized spacial score (nSPS) is 43.2. The first-order valence-electron chi connectivity index (χ1n) is 5.12. The van der Waals surface area contributed by atoms with Gasteiger partial charge in [0.1, 0.15) is 0 Å². The Morgan fingerprint density at radius 3 is 2.67 bits per heavy atom. The molecule has 2 aliphatic rings. The van der Waals surface area contributed by atoms with E-state index in [9.17, 15) is 5.11 Å². The largest absolute Gasteiger partial charge is 0.393 e. The Hall–Kier alpha value is -0.0800. The van der Waals surface area contributed by atoms with Gasteiger partial charge in [0.25, 0.3) is 0 Å². The fourth-order valence-electron chi connectivity index (χ4n) is 2.55. The van der Waals surface area contributed by atoms with E-state index in [-0.39, 0.29) is 6.10 Å². The van der Waals surface area contributed by atoms with Gasteiger partial charge in [0.15, 0.2) is 0 Å². The first-order valence-corrected chi connectivity index (χ1v) is 5.12. The predicted octanol–water partition coefficient (Wildman–Crippen LogP) is 1.57. The van der Waals surface area contributed by atoms with Crippen LogP contribution in [-0.4, -0.2) is 24.4 Å². The van der Waals surface area contributed by atoms with Gasteiger partial charge in [0.2, 0.25) is 0 Å². The predicted molar refractivity (Wildman–Crippen MR) is 46.9 cm³/mol. The van der Waals surface area contributed by atoms with Crippen molar-refractivity contribution in [3.05, 3.63) is 0 Å². The Labute approximate surface area is 73.9 Å². The molecule has 70 valence electrons. The SMILES string of the molecule is OC1CCCC(C2CCOC2)C1. The molecule has 0 aromatic heterocycles. The molecule has 1 saturated carbocycles. The Balaban J connectivity index is 1.85. The first kappa shape index (κ1) is 8.52. The molecule has 0 amide bonds. The van der Waals surface area contributed by atoms with E-state index in [0.717, 1.165) is 37.9 Å². The molecule has 3 unspecified atom stereocenters. The minimum Gasteiger partial charge on any atom is -0.393 e. The zero-order valence-corrected chi connectivity index (χ0v) is 7.54. The van der Waals surface area contributed by atoms with Crippen molar-refractivity contribution in [2.24, 2.45) is 11.8 Å². The van der Waals surface area contributed by atoms with Crippen LogP contribution in [0.4, 0.5) is 0 Å². The molecule has 2 nitrogen and oxygen atoms in total. The van der Waals surface area contributed by atoms with E-state index in [4.69, 9.17) is 4.74 Å². The van der Waals surface area contributed by atoms with Crippen molar-refractivity contribution >= 4 is 0 Å². The lowest BCUT2D eigenvalue weighted by Crippen LogP contribution is -2.25. The quantitative estimate of drug-likeness (QED) is 0.647. The second-order valence-electron chi connectivity index (χ2n) is 4.20. The fraction of sp³-hybridized carbons (Fsp3) is 1.00. The third-order valence-electron chi connectivity index (χ3n) is 3.32. The summed E-state index contributed by atoms with van der Waals surface area (Å²) in [5, 5.41) is 9.50. The molecule has 0 bridgehead atoms. The molecule has 1 heterocycles. The third kappa shape index (κ3) is 1.80. The van der Waals surface area contributed by atoms with E-state index in [1.807, 2.05) is 0 Å². The Bertz CT molecular complexity index is 141. The molecule has 0 radical (unpaired) electrons. The van der Waals surface area contributed by atoms with Gasteiger partial charge in [-0.1, -0.05) is 6.42 Å². The van der Waals surface area contributed by atoms with Crippen LogP contribution in [0.15, 0.2) is 0 Å². The average molecular weight is 170 g/mol. The highest BCUT2D eigenvalue weighted by atomic mass is 16.5. The van der Waals surface area contributed by atoms with Crippen LogP contribution in [0.2, 0.25) is 0 Å². The summed E-state index contributed by atoms with van der Waals surface area (Å²) >= 11 is 0. The maximum absolute atomic E-state index is 9.50. The summed E-state index contributed by atoms with van der Waals surface area (Å²) in [5.74, 6) is 1.50. The van der Waals surface area contributed by atoms with Crippen LogP contribution in [0.25, 0.3) is 0 Å². The van der Waals surface area contributed by atoms with E-state index in [2.05, 4.69) is 0 Å². The fourth-order valence-corrected chi connectivity index (χ4v) is 2.55. The number of hydrogen-bond donors (Lipinski definition) is 1. The van der Waals surface area contributed by atoms with Crippen LogP contribution in [0.3, 0.4) is 0 Å². The number of aliphatic hydroxyl groups excluding tert-OH is 1. The van der Waals surface area contributed by atoms with Crippen molar-refractivity contribution in [1.82, 2.24) is 0 Å². The lowest BCUT2D eigenvalue weighted by atomic mass is 9.78.